The van der Waals surface area contributed by atoms with Crippen molar-refractivity contribution in [3.63, 3.8) is 0 Å². The highest BCUT2D eigenvalue weighted by Crippen LogP contribution is 2.30. The maximum absolute atomic E-state index is 12.3. The summed E-state index contributed by atoms with van der Waals surface area (Å²) in [6.45, 7) is 7.35. The van der Waals surface area contributed by atoms with Crippen molar-refractivity contribution < 1.29 is 19.4 Å². The van der Waals surface area contributed by atoms with E-state index in [0.29, 0.717) is 31.9 Å². The first-order valence-corrected chi connectivity index (χ1v) is 8.03. The third-order valence-electron chi connectivity index (χ3n) is 4.20. The van der Waals surface area contributed by atoms with Gasteiger partial charge in [-0.25, -0.2) is 0 Å². The van der Waals surface area contributed by atoms with Crippen LogP contribution in [0, 0.1) is 11.3 Å². The molecule has 23 heavy (non-hydrogen) atoms. The summed E-state index contributed by atoms with van der Waals surface area (Å²) in [5.74, 6) is 0.412. The minimum Gasteiger partial charge on any atom is -0.493 e. The Bertz CT molecular complexity index is 567. The molecule has 5 nitrogen and oxygen atoms in total. The van der Waals surface area contributed by atoms with Crippen molar-refractivity contribution in [3.05, 3.63) is 29.8 Å². The summed E-state index contributed by atoms with van der Waals surface area (Å²) in [6.07, 6.45) is 0.802. The van der Waals surface area contributed by atoms with E-state index >= 15 is 0 Å². The Kier molecular flexibility index (Phi) is 5.29. The number of hydrogen-bond donors (Lipinski definition) is 1. The second-order valence-corrected chi connectivity index (χ2v) is 6.96. The molecule has 0 aliphatic carbocycles. The van der Waals surface area contributed by atoms with Crippen LogP contribution in [-0.2, 0) is 16.0 Å². The van der Waals surface area contributed by atoms with Gasteiger partial charge in [0.1, 0.15) is 5.75 Å². The lowest BCUT2D eigenvalue weighted by Crippen LogP contribution is -2.35. The van der Waals surface area contributed by atoms with Gasteiger partial charge in [0, 0.05) is 13.1 Å². The quantitative estimate of drug-likeness (QED) is 0.875. The van der Waals surface area contributed by atoms with Gasteiger partial charge in [0.2, 0.25) is 5.91 Å². The number of rotatable bonds is 6. The van der Waals surface area contributed by atoms with Gasteiger partial charge in [0.05, 0.1) is 18.4 Å². The zero-order valence-corrected chi connectivity index (χ0v) is 14.0. The fraction of sp³-hybridized carbons (Fsp3) is 0.556. The summed E-state index contributed by atoms with van der Waals surface area (Å²) in [7, 11) is 0. The molecule has 1 atom stereocenters. The summed E-state index contributed by atoms with van der Waals surface area (Å²) in [4.78, 5) is 25.2. The molecule has 1 amide bonds. The van der Waals surface area contributed by atoms with Crippen LogP contribution in [0.15, 0.2) is 24.3 Å². The molecule has 0 radical (unpaired) electrons. The molecule has 1 aliphatic heterocycles. The number of hydrogen-bond acceptors (Lipinski definition) is 3. The number of amides is 1. The van der Waals surface area contributed by atoms with E-state index < -0.39 is 11.4 Å². The molecule has 0 aromatic heterocycles. The van der Waals surface area contributed by atoms with E-state index in [0.717, 1.165) is 11.3 Å². The van der Waals surface area contributed by atoms with Gasteiger partial charge in [-0.3, -0.25) is 9.59 Å². The molecule has 1 aromatic carbocycles. The minimum atomic E-state index is -0.834. The molecule has 5 heteroatoms. The molecular weight excluding hydrogens is 294 g/mol. The van der Waals surface area contributed by atoms with Crippen molar-refractivity contribution >= 4 is 11.9 Å². The van der Waals surface area contributed by atoms with Crippen molar-refractivity contribution in [1.29, 1.82) is 0 Å². The highest BCUT2D eigenvalue weighted by Gasteiger charge is 2.41. The van der Waals surface area contributed by atoms with Crippen LogP contribution in [0.3, 0.4) is 0 Å². The molecule has 0 saturated carbocycles. The summed E-state index contributed by atoms with van der Waals surface area (Å²) >= 11 is 0. The van der Waals surface area contributed by atoms with E-state index in [4.69, 9.17) is 4.74 Å². The molecule has 2 rings (SSSR count). The fourth-order valence-electron chi connectivity index (χ4n) is 2.60. The highest BCUT2D eigenvalue weighted by molar-refractivity contribution is 5.82. The lowest BCUT2D eigenvalue weighted by molar-refractivity contribution is -0.147. The van der Waals surface area contributed by atoms with Crippen molar-refractivity contribution in [1.82, 2.24) is 4.90 Å². The number of likely N-dealkylation sites (tertiary alicyclic amines) is 1. The van der Waals surface area contributed by atoms with Crippen LogP contribution in [-0.4, -0.2) is 41.6 Å². The van der Waals surface area contributed by atoms with Gasteiger partial charge < -0.3 is 14.7 Å². The lowest BCUT2D eigenvalue weighted by atomic mass is 9.90. The molecule has 1 heterocycles. The molecular formula is C18H25NO4. The van der Waals surface area contributed by atoms with Crippen molar-refractivity contribution in [2.24, 2.45) is 11.3 Å². The first-order valence-electron chi connectivity index (χ1n) is 8.03. The average molecular weight is 319 g/mol. The Balaban J connectivity index is 1.90. The monoisotopic (exact) mass is 319 g/mol. The normalized spacial score (nSPS) is 20.8. The number of ether oxygens (including phenoxy) is 1. The van der Waals surface area contributed by atoms with Crippen molar-refractivity contribution in [2.45, 2.75) is 33.6 Å². The zero-order valence-electron chi connectivity index (χ0n) is 14.0. The fourth-order valence-corrected chi connectivity index (χ4v) is 2.60. The predicted octanol–water partition coefficient (Wildman–Crippen LogP) is 2.59. The number of benzene rings is 1. The number of carboxylic acids is 1. The topological polar surface area (TPSA) is 66.8 Å². The second-order valence-electron chi connectivity index (χ2n) is 6.96. The standard InChI is InChI=1S/C18H25NO4/c1-13(2)11-23-15-6-4-14(5-7-15)10-16(20)19-9-8-18(3,12-19)17(21)22/h4-7,13H,8-12H2,1-3H3,(H,21,22). The predicted molar refractivity (Wildman–Crippen MR) is 87.4 cm³/mol. The second kappa shape index (κ2) is 7.02. The smallest absolute Gasteiger partial charge is 0.311 e. The lowest BCUT2D eigenvalue weighted by Gasteiger charge is -2.20. The van der Waals surface area contributed by atoms with Crippen LogP contribution in [0.1, 0.15) is 32.8 Å². The summed E-state index contributed by atoms with van der Waals surface area (Å²) in [6, 6.07) is 7.52. The molecule has 1 unspecified atom stereocenters. The Morgan fingerprint density at radius 3 is 2.48 bits per heavy atom. The van der Waals surface area contributed by atoms with E-state index in [2.05, 4.69) is 13.8 Å². The maximum Gasteiger partial charge on any atom is 0.311 e. The van der Waals surface area contributed by atoms with Crippen molar-refractivity contribution in [3.8, 4) is 5.75 Å². The largest absolute Gasteiger partial charge is 0.493 e. The van der Waals surface area contributed by atoms with E-state index in [9.17, 15) is 14.7 Å². The van der Waals surface area contributed by atoms with E-state index in [-0.39, 0.29) is 12.5 Å². The number of carbonyl (C=O) groups excluding carboxylic acids is 1. The first kappa shape index (κ1) is 17.3. The number of carbonyl (C=O) groups is 2. The van der Waals surface area contributed by atoms with Gasteiger partial charge in [-0.15, -0.1) is 0 Å². The first-order chi connectivity index (χ1) is 10.8. The third-order valence-corrected chi connectivity index (χ3v) is 4.20. The third kappa shape index (κ3) is 4.47. The van der Waals surface area contributed by atoms with Gasteiger partial charge in [0.15, 0.2) is 0 Å². The Labute approximate surface area is 137 Å². The average Bonchev–Trinajstić information content (AvgIpc) is 2.90. The highest BCUT2D eigenvalue weighted by atomic mass is 16.5. The van der Waals surface area contributed by atoms with Crippen LogP contribution in [0.2, 0.25) is 0 Å². The van der Waals surface area contributed by atoms with E-state index in [1.54, 1.807) is 11.8 Å². The van der Waals surface area contributed by atoms with Crippen LogP contribution >= 0.6 is 0 Å². The number of aliphatic carboxylic acids is 1. The van der Waals surface area contributed by atoms with Crippen LogP contribution in [0.5, 0.6) is 5.75 Å². The van der Waals surface area contributed by atoms with Gasteiger partial charge in [-0.2, -0.15) is 0 Å². The Hall–Kier alpha value is -2.04. The van der Waals surface area contributed by atoms with Gasteiger partial charge >= 0.3 is 5.97 Å². The maximum atomic E-state index is 12.3. The molecule has 0 bridgehead atoms. The molecule has 0 spiro atoms. The van der Waals surface area contributed by atoms with Crippen molar-refractivity contribution in [2.75, 3.05) is 19.7 Å². The summed E-state index contributed by atoms with van der Waals surface area (Å²) in [5, 5.41) is 9.23. The SMILES string of the molecule is CC(C)COc1ccc(CC(=O)N2CCC(C)(C(=O)O)C2)cc1. The van der Waals surface area contributed by atoms with E-state index in [1.165, 1.54) is 0 Å². The zero-order chi connectivity index (χ0) is 17.0. The molecule has 126 valence electrons. The van der Waals surface area contributed by atoms with Gasteiger partial charge in [-0.05, 0) is 37.0 Å². The molecule has 1 saturated heterocycles. The van der Waals surface area contributed by atoms with Crippen LogP contribution < -0.4 is 4.74 Å². The summed E-state index contributed by atoms with van der Waals surface area (Å²) < 4.78 is 5.62. The van der Waals surface area contributed by atoms with E-state index in [1.807, 2.05) is 24.3 Å². The van der Waals surface area contributed by atoms with Gasteiger partial charge in [-0.1, -0.05) is 26.0 Å². The molecule has 1 aliphatic rings. The summed E-state index contributed by atoms with van der Waals surface area (Å²) in [5.41, 5.74) is 0.0975. The number of nitrogens with zero attached hydrogens (tertiary/aromatic N) is 1. The molecule has 1 aromatic rings. The Morgan fingerprint density at radius 1 is 1.30 bits per heavy atom. The minimum absolute atomic E-state index is 0.0224. The number of carboxylic acid groups (broad SMARTS) is 1. The van der Waals surface area contributed by atoms with Crippen LogP contribution in [0.25, 0.3) is 0 Å². The van der Waals surface area contributed by atoms with Gasteiger partial charge in [0.25, 0.3) is 0 Å². The molecule has 1 N–H and O–H groups in total. The Morgan fingerprint density at radius 2 is 1.96 bits per heavy atom. The van der Waals surface area contributed by atoms with Crippen LogP contribution in [0.4, 0.5) is 0 Å². The molecule has 1 fully saturated rings.